The molecule has 0 radical (unpaired) electrons. The minimum atomic E-state index is 0.601. The fourth-order valence-electron chi connectivity index (χ4n) is 2.61. The van der Waals surface area contributed by atoms with Gasteiger partial charge in [-0.3, -0.25) is 4.90 Å². The lowest BCUT2D eigenvalue weighted by atomic mass is 10.2. The van der Waals surface area contributed by atoms with Gasteiger partial charge in [0.2, 0.25) is 0 Å². The normalized spacial score (nSPS) is 16.0. The van der Waals surface area contributed by atoms with Gasteiger partial charge in [-0.2, -0.15) is 5.26 Å². The van der Waals surface area contributed by atoms with E-state index in [1.54, 1.807) is 6.20 Å². The maximum absolute atomic E-state index is 8.89. The van der Waals surface area contributed by atoms with E-state index in [-0.39, 0.29) is 0 Å². The van der Waals surface area contributed by atoms with E-state index >= 15 is 0 Å². The van der Waals surface area contributed by atoms with Gasteiger partial charge in [0.25, 0.3) is 0 Å². The lowest BCUT2D eigenvalue weighted by Gasteiger charge is -2.37. The van der Waals surface area contributed by atoms with Gasteiger partial charge in [-0.25, -0.2) is 9.97 Å². The van der Waals surface area contributed by atoms with Gasteiger partial charge < -0.3 is 4.90 Å². The predicted molar refractivity (Wildman–Crippen MR) is 89.0 cm³/mol. The first-order valence-electron chi connectivity index (χ1n) is 7.48. The van der Waals surface area contributed by atoms with Crippen molar-refractivity contribution in [3.05, 3.63) is 29.4 Å². The van der Waals surface area contributed by atoms with Crippen molar-refractivity contribution in [2.45, 2.75) is 19.9 Å². The monoisotopic (exact) mass is 313 g/mol. The first kappa shape index (κ1) is 14.9. The molecule has 0 unspecified atom stereocenters. The Morgan fingerprint density at radius 2 is 1.91 bits per heavy atom. The van der Waals surface area contributed by atoms with Crippen LogP contribution in [-0.2, 0) is 0 Å². The second kappa shape index (κ2) is 6.42. The largest absolute Gasteiger partial charge is 0.353 e. The zero-order valence-electron chi connectivity index (χ0n) is 12.9. The molecule has 5 nitrogen and oxygen atoms in total. The summed E-state index contributed by atoms with van der Waals surface area (Å²) in [6, 6.07) is 6.50. The molecule has 1 saturated heterocycles. The summed E-state index contributed by atoms with van der Waals surface area (Å²) in [5.74, 6) is 0.934. The van der Waals surface area contributed by atoms with Crippen molar-refractivity contribution in [2.75, 3.05) is 31.1 Å². The highest BCUT2D eigenvalue weighted by molar-refractivity contribution is 7.15. The summed E-state index contributed by atoms with van der Waals surface area (Å²) >= 11 is 1.45. The Morgan fingerprint density at radius 1 is 1.14 bits per heavy atom. The third-order valence-electron chi connectivity index (χ3n) is 3.98. The van der Waals surface area contributed by atoms with Crippen molar-refractivity contribution in [1.82, 2.24) is 14.9 Å². The molecule has 0 amide bonds. The molecule has 22 heavy (non-hydrogen) atoms. The van der Waals surface area contributed by atoms with E-state index in [4.69, 9.17) is 5.26 Å². The van der Waals surface area contributed by atoms with Crippen LogP contribution in [0.4, 0.5) is 5.82 Å². The molecular weight excluding hydrogens is 294 g/mol. The fraction of sp³-hybridized carbons (Fsp3) is 0.438. The molecule has 0 bridgehead atoms. The summed E-state index contributed by atoms with van der Waals surface area (Å²) < 4.78 is 0. The van der Waals surface area contributed by atoms with Gasteiger partial charge >= 0.3 is 0 Å². The van der Waals surface area contributed by atoms with E-state index in [1.165, 1.54) is 11.3 Å². The van der Waals surface area contributed by atoms with Crippen molar-refractivity contribution < 1.29 is 0 Å². The van der Waals surface area contributed by atoms with E-state index in [1.807, 2.05) is 18.3 Å². The minimum Gasteiger partial charge on any atom is -0.353 e. The van der Waals surface area contributed by atoms with E-state index in [0.29, 0.717) is 10.9 Å². The second-order valence-electron chi connectivity index (χ2n) is 5.65. The van der Waals surface area contributed by atoms with Crippen LogP contribution in [0.1, 0.15) is 18.7 Å². The third-order valence-corrected chi connectivity index (χ3v) is 4.99. The van der Waals surface area contributed by atoms with Crippen LogP contribution in [0.15, 0.2) is 24.5 Å². The number of rotatable bonds is 3. The molecule has 2 aromatic rings. The van der Waals surface area contributed by atoms with Crippen LogP contribution in [-0.4, -0.2) is 47.1 Å². The molecule has 1 aliphatic rings. The Labute approximate surface area is 134 Å². The van der Waals surface area contributed by atoms with Crippen LogP contribution in [0.3, 0.4) is 0 Å². The summed E-state index contributed by atoms with van der Waals surface area (Å²) in [6.07, 6.45) is 3.64. The topological polar surface area (TPSA) is 56.0 Å². The number of nitrogens with zero attached hydrogens (tertiary/aromatic N) is 5. The van der Waals surface area contributed by atoms with Crippen LogP contribution in [0.25, 0.3) is 10.6 Å². The zero-order chi connectivity index (χ0) is 15.5. The standard InChI is InChI=1S/C16H19N5S/c1-12(2)20-5-7-21(8-6-20)16-11-18-14(10-19-16)15-4-3-13(9-17)22-15/h3-4,10-12H,5-8H2,1-2H3. The van der Waals surface area contributed by atoms with Crippen molar-refractivity contribution in [1.29, 1.82) is 5.26 Å². The number of piperazine rings is 1. The predicted octanol–water partition coefficient (Wildman–Crippen LogP) is 2.61. The Kier molecular flexibility index (Phi) is 4.36. The highest BCUT2D eigenvalue weighted by atomic mass is 32.1. The Balaban J connectivity index is 1.68. The summed E-state index contributed by atoms with van der Waals surface area (Å²) in [5.41, 5.74) is 0.830. The maximum Gasteiger partial charge on any atom is 0.147 e. The fourth-order valence-corrected chi connectivity index (χ4v) is 3.38. The van der Waals surface area contributed by atoms with Crippen LogP contribution >= 0.6 is 11.3 Å². The van der Waals surface area contributed by atoms with Crippen LogP contribution in [0, 0.1) is 11.3 Å². The molecule has 0 aliphatic carbocycles. The average Bonchev–Trinajstić information content (AvgIpc) is 3.04. The van der Waals surface area contributed by atoms with Crippen molar-refractivity contribution in [3.8, 4) is 16.6 Å². The van der Waals surface area contributed by atoms with Gasteiger partial charge in [0.05, 0.1) is 23.0 Å². The van der Waals surface area contributed by atoms with Gasteiger partial charge in [0.1, 0.15) is 16.8 Å². The number of thiophene rings is 1. The highest BCUT2D eigenvalue weighted by Crippen LogP contribution is 2.26. The maximum atomic E-state index is 8.89. The molecule has 6 heteroatoms. The molecule has 0 atom stereocenters. The molecule has 2 aromatic heterocycles. The smallest absolute Gasteiger partial charge is 0.147 e. The first-order chi connectivity index (χ1) is 10.7. The van der Waals surface area contributed by atoms with E-state index in [0.717, 1.165) is 42.6 Å². The number of hydrogen-bond donors (Lipinski definition) is 0. The van der Waals surface area contributed by atoms with Crippen LogP contribution < -0.4 is 4.90 Å². The van der Waals surface area contributed by atoms with Gasteiger partial charge in [-0.05, 0) is 26.0 Å². The molecular formula is C16H19N5S. The van der Waals surface area contributed by atoms with E-state index in [2.05, 4.69) is 39.7 Å². The van der Waals surface area contributed by atoms with E-state index in [9.17, 15) is 0 Å². The van der Waals surface area contributed by atoms with Gasteiger partial charge in [-0.15, -0.1) is 11.3 Å². The second-order valence-corrected chi connectivity index (χ2v) is 6.74. The van der Waals surface area contributed by atoms with Gasteiger partial charge in [-0.1, -0.05) is 0 Å². The molecule has 0 N–H and O–H groups in total. The molecule has 3 rings (SSSR count). The van der Waals surface area contributed by atoms with Crippen molar-refractivity contribution in [3.63, 3.8) is 0 Å². The van der Waals surface area contributed by atoms with E-state index < -0.39 is 0 Å². The number of anilines is 1. The molecule has 114 valence electrons. The summed E-state index contributed by atoms with van der Waals surface area (Å²) in [5, 5.41) is 8.89. The Morgan fingerprint density at radius 3 is 2.45 bits per heavy atom. The van der Waals surface area contributed by atoms with Crippen LogP contribution in [0.5, 0.6) is 0 Å². The molecule has 3 heterocycles. The lowest BCUT2D eigenvalue weighted by Crippen LogP contribution is -2.49. The average molecular weight is 313 g/mol. The SMILES string of the molecule is CC(C)N1CCN(c2cnc(-c3ccc(C#N)s3)cn2)CC1. The van der Waals surface area contributed by atoms with Gasteiger partial charge in [0, 0.05) is 32.2 Å². The number of nitriles is 1. The number of aromatic nitrogens is 2. The van der Waals surface area contributed by atoms with Crippen molar-refractivity contribution in [2.24, 2.45) is 0 Å². The Bertz CT molecular complexity index is 663. The summed E-state index contributed by atoms with van der Waals surface area (Å²) in [4.78, 5) is 15.5. The summed E-state index contributed by atoms with van der Waals surface area (Å²) in [7, 11) is 0. The van der Waals surface area contributed by atoms with Gasteiger partial charge in [0.15, 0.2) is 0 Å². The lowest BCUT2D eigenvalue weighted by molar-refractivity contribution is 0.209. The minimum absolute atomic E-state index is 0.601. The Hall–Kier alpha value is -1.97. The quantitative estimate of drug-likeness (QED) is 0.872. The number of hydrogen-bond acceptors (Lipinski definition) is 6. The zero-order valence-corrected chi connectivity index (χ0v) is 13.7. The summed E-state index contributed by atoms with van der Waals surface area (Å²) in [6.45, 7) is 8.59. The molecule has 1 aliphatic heterocycles. The first-order valence-corrected chi connectivity index (χ1v) is 8.30. The highest BCUT2D eigenvalue weighted by Gasteiger charge is 2.20. The molecule has 1 fully saturated rings. The molecule has 0 spiro atoms. The van der Waals surface area contributed by atoms with Crippen molar-refractivity contribution >= 4 is 17.2 Å². The molecule has 0 aromatic carbocycles. The third kappa shape index (κ3) is 3.11. The molecule has 0 saturated carbocycles. The van der Waals surface area contributed by atoms with Crippen LogP contribution in [0.2, 0.25) is 0 Å².